The quantitative estimate of drug-likeness (QED) is 0.855. The van der Waals surface area contributed by atoms with Crippen molar-refractivity contribution < 1.29 is 4.42 Å². The zero-order chi connectivity index (χ0) is 14.9. The summed E-state index contributed by atoms with van der Waals surface area (Å²) in [7, 11) is 0. The maximum Gasteiger partial charge on any atom is 0.226 e. The van der Waals surface area contributed by atoms with Crippen molar-refractivity contribution in [3.05, 3.63) is 29.7 Å². The smallest absolute Gasteiger partial charge is 0.226 e. The summed E-state index contributed by atoms with van der Waals surface area (Å²) in [6, 6.07) is 3.67. The second-order valence-electron chi connectivity index (χ2n) is 5.87. The van der Waals surface area contributed by atoms with Gasteiger partial charge in [0.05, 0.1) is 0 Å². The lowest BCUT2D eigenvalue weighted by molar-refractivity contribution is 0.374. The van der Waals surface area contributed by atoms with Crippen LogP contribution in [0.4, 0.5) is 5.95 Å². The first-order valence-electron chi connectivity index (χ1n) is 7.65. The molecule has 0 spiro atoms. The second-order valence-corrected chi connectivity index (χ2v) is 5.87. The van der Waals surface area contributed by atoms with Crippen LogP contribution in [0.2, 0.25) is 0 Å². The molecule has 0 amide bonds. The van der Waals surface area contributed by atoms with Gasteiger partial charge in [-0.05, 0) is 31.7 Å². The van der Waals surface area contributed by atoms with Gasteiger partial charge >= 0.3 is 0 Å². The van der Waals surface area contributed by atoms with E-state index in [0.717, 1.165) is 37.7 Å². The Labute approximate surface area is 128 Å². The van der Waals surface area contributed by atoms with E-state index in [1.54, 1.807) is 12.3 Å². The Bertz CT molecular complexity index is 709. The van der Waals surface area contributed by atoms with Crippen LogP contribution in [0.5, 0.6) is 0 Å². The molecule has 7 nitrogen and oxygen atoms in total. The normalized spacial score (nSPS) is 19.1. The number of hydrogen-bond acceptors (Lipinski definition) is 7. The summed E-state index contributed by atoms with van der Waals surface area (Å²) >= 11 is 0. The predicted molar refractivity (Wildman–Crippen MR) is 77.2 cm³/mol. The Morgan fingerprint density at radius 1 is 1.09 bits per heavy atom. The van der Waals surface area contributed by atoms with Crippen molar-refractivity contribution in [3.63, 3.8) is 0 Å². The summed E-state index contributed by atoms with van der Waals surface area (Å²) in [5, 5.41) is 17.3. The molecule has 2 aliphatic rings. The van der Waals surface area contributed by atoms with Crippen molar-refractivity contribution in [2.75, 3.05) is 18.0 Å². The van der Waals surface area contributed by atoms with E-state index in [0.29, 0.717) is 23.5 Å². The predicted octanol–water partition coefficient (Wildman–Crippen LogP) is 1.99. The Morgan fingerprint density at radius 3 is 2.41 bits per heavy atom. The van der Waals surface area contributed by atoms with Crippen LogP contribution in [0.15, 0.2) is 16.7 Å². The number of rotatable bonds is 3. The second kappa shape index (κ2) is 5.37. The van der Waals surface area contributed by atoms with Gasteiger partial charge in [0.15, 0.2) is 0 Å². The van der Waals surface area contributed by atoms with Crippen LogP contribution in [0.25, 0.3) is 0 Å². The lowest BCUT2D eigenvalue weighted by atomic mass is 9.97. The Hall–Kier alpha value is -2.49. The third kappa shape index (κ3) is 2.52. The standard InChI is InChI=1S/C15H16N6O/c16-9-12-3-6-17-15(18-12)21-7-4-11(5-8-21)14-20-19-13(22-14)10-1-2-10/h3,6,10-11H,1-2,4-5,7-8H2. The molecule has 2 aromatic rings. The fourth-order valence-corrected chi connectivity index (χ4v) is 2.80. The summed E-state index contributed by atoms with van der Waals surface area (Å²) in [5.74, 6) is 3.02. The van der Waals surface area contributed by atoms with Crippen LogP contribution in [0, 0.1) is 11.3 Å². The minimum absolute atomic E-state index is 0.315. The van der Waals surface area contributed by atoms with E-state index in [-0.39, 0.29) is 0 Å². The van der Waals surface area contributed by atoms with Crippen molar-refractivity contribution >= 4 is 5.95 Å². The topological polar surface area (TPSA) is 91.7 Å². The average molecular weight is 296 g/mol. The molecule has 0 N–H and O–H groups in total. The van der Waals surface area contributed by atoms with Crippen molar-refractivity contribution in [2.45, 2.75) is 37.5 Å². The molecule has 0 radical (unpaired) electrons. The number of nitriles is 1. The molecule has 1 aliphatic carbocycles. The molecule has 7 heteroatoms. The van der Waals surface area contributed by atoms with E-state index in [2.05, 4.69) is 25.1 Å². The van der Waals surface area contributed by atoms with Gasteiger partial charge in [0.2, 0.25) is 17.7 Å². The van der Waals surface area contributed by atoms with Gasteiger partial charge < -0.3 is 9.32 Å². The fourth-order valence-electron chi connectivity index (χ4n) is 2.80. The summed E-state index contributed by atoms with van der Waals surface area (Å²) < 4.78 is 5.81. The maximum atomic E-state index is 8.92. The van der Waals surface area contributed by atoms with Crippen LogP contribution >= 0.6 is 0 Å². The molecule has 0 unspecified atom stereocenters. The van der Waals surface area contributed by atoms with Crippen molar-refractivity contribution in [3.8, 4) is 6.07 Å². The maximum absolute atomic E-state index is 8.92. The zero-order valence-corrected chi connectivity index (χ0v) is 12.1. The summed E-state index contributed by atoms with van der Waals surface area (Å²) in [4.78, 5) is 10.6. The third-order valence-corrected chi connectivity index (χ3v) is 4.27. The first-order chi connectivity index (χ1) is 10.8. The molecule has 3 heterocycles. The van der Waals surface area contributed by atoms with Crippen molar-refractivity contribution in [1.82, 2.24) is 20.2 Å². The minimum Gasteiger partial charge on any atom is -0.425 e. The Balaban J connectivity index is 1.42. The molecular weight excluding hydrogens is 280 g/mol. The monoisotopic (exact) mass is 296 g/mol. The molecule has 4 rings (SSSR count). The van der Waals surface area contributed by atoms with Gasteiger partial charge in [0.25, 0.3) is 0 Å². The van der Waals surface area contributed by atoms with Crippen molar-refractivity contribution in [1.29, 1.82) is 5.26 Å². The number of nitrogens with zero attached hydrogens (tertiary/aromatic N) is 6. The summed E-state index contributed by atoms with van der Waals surface area (Å²) in [5.41, 5.74) is 0.401. The average Bonchev–Trinajstić information content (AvgIpc) is 3.32. The van der Waals surface area contributed by atoms with Gasteiger partial charge in [-0.15, -0.1) is 10.2 Å². The number of aromatic nitrogens is 4. The van der Waals surface area contributed by atoms with E-state index in [1.165, 1.54) is 12.8 Å². The molecular formula is C15H16N6O. The number of piperidine rings is 1. The van der Waals surface area contributed by atoms with Gasteiger partial charge in [-0.25, -0.2) is 9.97 Å². The lowest BCUT2D eigenvalue weighted by Gasteiger charge is -2.30. The number of hydrogen-bond donors (Lipinski definition) is 0. The Kier molecular flexibility index (Phi) is 3.22. The third-order valence-electron chi connectivity index (χ3n) is 4.27. The first kappa shape index (κ1) is 13.2. The van der Waals surface area contributed by atoms with E-state index in [1.807, 2.05) is 6.07 Å². The molecule has 1 saturated heterocycles. The SMILES string of the molecule is N#Cc1ccnc(N2CCC(c3nnc(C4CC4)o3)CC2)n1. The lowest BCUT2D eigenvalue weighted by Crippen LogP contribution is -2.34. The molecule has 2 fully saturated rings. The molecule has 0 atom stereocenters. The molecule has 112 valence electrons. The van der Waals surface area contributed by atoms with E-state index < -0.39 is 0 Å². The highest BCUT2D eigenvalue weighted by Gasteiger charge is 2.32. The minimum atomic E-state index is 0.315. The largest absolute Gasteiger partial charge is 0.425 e. The molecule has 0 aromatic carbocycles. The van der Waals surface area contributed by atoms with Crippen LogP contribution in [0.1, 0.15) is 55.0 Å². The van der Waals surface area contributed by atoms with Crippen molar-refractivity contribution in [2.24, 2.45) is 0 Å². The highest BCUT2D eigenvalue weighted by atomic mass is 16.4. The molecule has 0 bridgehead atoms. The highest BCUT2D eigenvalue weighted by Crippen LogP contribution is 2.40. The van der Waals surface area contributed by atoms with Crippen LogP contribution < -0.4 is 4.90 Å². The summed E-state index contributed by atoms with van der Waals surface area (Å²) in [6.07, 6.45) is 5.85. The van der Waals surface area contributed by atoms with Gasteiger partial charge in [0, 0.05) is 31.1 Å². The van der Waals surface area contributed by atoms with Crippen LogP contribution in [0.3, 0.4) is 0 Å². The summed E-state index contributed by atoms with van der Waals surface area (Å²) in [6.45, 7) is 1.67. The van der Waals surface area contributed by atoms with E-state index in [4.69, 9.17) is 9.68 Å². The van der Waals surface area contributed by atoms with Gasteiger partial charge in [0.1, 0.15) is 11.8 Å². The number of anilines is 1. The van der Waals surface area contributed by atoms with E-state index in [9.17, 15) is 0 Å². The zero-order valence-electron chi connectivity index (χ0n) is 12.1. The molecule has 22 heavy (non-hydrogen) atoms. The van der Waals surface area contributed by atoms with Gasteiger partial charge in [-0.2, -0.15) is 5.26 Å². The molecule has 2 aromatic heterocycles. The van der Waals surface area contributed by atoms with Gasteiger partial charge in [-0.1, -0.05) is 0 Å². The highest BCUT2D eigenvalue weighted by molar-refractivity contribution is 5.34. The van der Waals surface area contributed by atoms with Crippen LogP contribution in [-0.4, -0.2) is 33.3 Å². The van der Waals surface area contributed by atoms with Crippen LogP contribution in [-0.2, 0) is 0 Å². The fraction of sp³-hybridized carbons (Fsp3) is 0.533. The van der Waals surface area contributed by atoms with Gasteiger partial charge in [-0.3, -0.25) is 0 Å². The van der Waals surface area contributed by atoms with E-state index >= 15 is 0 Å². The molecule has 1 saturated carbocycles. The Morgan fingerprint density at radius 2 is 1.77 bits per heavy atom. The molecule has 1 aliphatic heterocycles. The first-order valence-corrected chi connectivity index (χ1v) is 7.65.